The summed E-state index contributed by atoms with van der Waals surface area (Å²) >= 11 is 0. The van der Waals surface area contributed by atoms with Crippen LogP contribution < -0.4 is 10.6 Å². The number of unbranched alkanes of at least 4 members (excludes halogenated alkanes) is 14. The van der Waals surface area contributed by atoms with E-state index >= 15 is 0 Å². The van der Waals surface area contributed by atoms with E-state index in [4.69, 9.17) is 14.9 Å². The van der Waals surface area contributed by atoms with Gasteiger partial charge in [0.25, 0.3) is 0 Å². The molecule has 9 nitrogen and oxygen atoms in total. The molecule has 286 valence electrons. The molecule has 0 saturated carbocycles. The third-order valence-corrected chi connectivity index (χ3v) is 8.29. The second kappa shape index (κ2) is 35.6. The topological polar surface area (TPSA) is 142 Å². The Balaban J connectivity index is 4.31. The van der Waals surface area contributed by atoms with Crippen LogP contribution in [0.25, 0.3) is 0 Å². The summed E-state index contributed by atoms with van der Waals surface area (Å²) in [5.74, 6) is -2.38. The summed E-state index contributed by atoms with van der Waals surface area (Å²) in [4.78, 5) is 47.2. The molecule has 2 atom stereocenters. The van der Waals surface area contributed by atoms with E-state index in [0.29, 0.717) is 19.3 Å². The van der Waals surface area contributed by atoms with Gasteiger partial charge in [0.2, 0.25) is 11.8 Å². The Labute approximate surface area is 303 Å². The highest BCUT2D eigenvalue weighted by Gasteiger charge is 2.18. The summed E-state index contributed by atoms with van der Waals surface area (Å²) in [6.45, 7) is 3.32. The molecule has 0 radical (unpaired) electrons. The first-order valence-corrected chi connectivity index (χ1v) is 19.5. The molecule has 0 bridgehead atoms. The van der Waals surface area contributed by atoms with Crippen molar-refractivity contribution >= 4 is 23.8 Å². The van der Waals surface area contributed by atoms with Crippen molar-refractivity contribution in [3.63, 3.8) is 0 Å². The minimum Gasteiger partial charge on any atom is -0.480 e. The number of ether oxygens (including phenoxy) is 1. The van der Waals surface area contributed by atoms with Crippen LogP contribution in [0.15, 0.2) is 48.6 Å². The minimum absolute atomic E-state index is 0.114. The molecule has 0 heterocycles. The molecule has 50 heavy (non-hydrogen) atoms. The summed E-state index contributed by atoms with van der Waals surface area (Å²) in [7, 11) is 0. The predicted octanol–water partition coefficient (Wildman–Crippen LogP) is 8.81. The maximum atomic E-state index is 12.6. The normalized spacial score (nSPS) is 13.0. The molecular formula is C41H70N2O7. The van der Waals surface area contributed by atoms with Crippen molar-refractivity contribution in [2.45, 2.75) is 174 Å². The second-order valence-electron chi connectivity index (χ2n) is 13.0. The lowest BCUT2D eigenvalue weighted by Gasteiger charge is -2.14. The maximum absolute atomic E-state index is 12.6. The van der Waals surface area contributed by atoms with Gasteiger partial charge in [0.1, 0.15) is 12.1 Å². The number of allylic oxidation sites excluding steroid dienone is 7. The van der Waals surface area contributed by atoms with Crippen molar-refractivity contribution < 1.29 is 34.1 Å². The van der Waals surface area contributed by atoms with E-state index in [-0.39, 0.29) is 24.5 Å². The molecule has 0 aliphatic heterocycles. The van der Waals surface area contributed by atoms with Crippen molar-refractivity contribution in [2.24, 2.45) is 0 Å². The van der Waals surface area contributed by atoms with Crippen molar-refractivity contribution in [2.75, 3.05) is 13.2 Å². The Bertz CT molecular complexity index is 989. The summed E-state index contributed by atoms with van der Waals surface area (Å²) in [6.07, 6.45) is 40.2. The van der Waals surface area contributed by atoms with Crippen LogP contribution in [0.3, 0.4) is 0 Å². The fourth-order valence-corrected chi connectivity index (χ4v) is 5.29. The molecular weight excluding hydrogens is 632 g/mol. The highest BCUT2D eigenvalue weighted by atomic mass is 16.5. The van der Waals surface area contributed by atoms with Crippen molar-refractivity contribution in [3.05, 3.63) is 48.6 Å². The number of rotatable bonds is 34. The Hall–Kier alpha value is -3.20. The van der Waals surface area contributed by atoms with Crippen LogP contribution in [0.4, 0.5) is 0 Å². The van der Waals surface area contributed by atoms with E-state index < -0.39 is 24.5 Å². The van der Waals surface area contributed by atoms with Gasteiger partial charge in [-0.3, -0.25) is 14.4 Å². The molecule has 2 amide bonds. The predicted molar refractivity (Wildman–Crippen MR) is 204 cm³/mol. The first kappa shape index (κ1) is 46.8. The zero-order chi connectivity index (χ0) is 36.9. The number of esters is 1. The number of carboxylic acid groups (broad SMARTS) is 1. The van der Waals surface area contributed by atoms with Crippen molar-refractivity contribution in [1.82, 2.24) is 10.6 Å². The minimum atomic E-state index is -1.38. The number of aliphatic hydroxyl groups excluding tert-OH is 1. The highest BCUT2D eigenvalue weighted by molar-refractivity contribution is 5.87. The Morgan fingerprint density at radius 3 is 1.82 bits per heavy atom. The van der Waals surface area contributed by atoms with E-state index in [1.165, 1.54) is 44.9 Å². The fourth-order valence-electron chi connectivity index (χ4n) is 5.29. The van der Waals surface area contributed by atoms with Gasteiger partial charge in [-0.2, -0.15) is 0 Å². The third kappa shape index (κ3) is 32.0. The van der Waals surface area contributed by atoms with Gasteiger partial charge in [-0.25, -0.2) is 4.79 Å². The van der Waals surface area contributed by atoms with E-state index in [1.54, 1.807) is 0 Å². The van der Waals surface area contributed by atoms with E-state index in [9.17, 15) is 19.2 Å². The molecule has 0 aromatic heterocycles. The van der Waals surface area contributed by atoms with Gasteiger partial charge in [0.15, 0.2) is 0 Å². The zero-order valence-corrected chi connectivity index (χ0v) is 31.4. The van der Waals surface area contributed by atoms with Crippen LogP contribution in [0.5, 0.6) is 0 Å². The molecule has 4 N–H and O–H groups in total. The highest BCUT2D eigenvalue weighted by Crippen LogP contribution is 2.15. The van der Waals surface area contributed by atoms with Gasteiger partial charge in [-0.1, -0.05) is 121 Å². The number of hydrogen-bond acceptors (Lipinski definition) is 6. The molecule has 0 saturated heterocycles. The van der Waals surface area contributed by atoms with E-state index in [1.807, 2.05) is 6.08 Å². The van der Waals surface area contributed by atoms with Gasteiger partial charge in [0.05, 0.1) is 13.2 Å². The number of hydrogen-bond donors (Lipinski definition) is 4. The molecule has 0 aromatic rings. The van der Waals surface area contributed by atoms with E-state index in [2.05, 4.69) is 67.0 Å². The molecule has 0 aliphatic rings. The van der Waals surface area contributed by atoms with E-state index in [0.717, 1.165) is 83.5 Å². The standard InChI is InChI=1S/C41H70N2O7/c1-3-5-7-9-11-13-14-15-16-17-19-25-29-33-40(47)50-36(30-26-22-18-12-10-8-6-4-2)31-27-23-20-21-24-28-32-38(45)42-34-39(46)43-37(35-44)41(48)49/h6,8,12-14,18,26,30,36-37,44H,3-5,7,9-11,15-17,19-25,27-29,31-35H2,1-2H3,(H,42,45)(H,43,46)(H,48,49)/b8-6-,14-13-,18-12-,30-26-. The summed E-state index contributed by atoms with van der Waals surface area (Å²) < 4.78 is 5.88. The Kier molecular flexibility index (Phi) is 33.3. The number of nitrogens with one attached hydrogen (secondary N) is 2. The average Bonchev–Trinajstić information content (AvgIpc) is 3.10. The SMILES string of the molecule is CC/C=C\C/C=C\C/C=C\C(CCCCCCCCC(=O)NCC(=O)NC(CO)C(=O)O)OC(=O)CCCCCCC/C=C\CCCCCC. The Morgan fingerprint density at radius 2 is 1.20 bits per heavy atom. The number of aliphatic carboxylic acids is 1. The largest absolute Gasteiger partial charge is 0.480 e. The van der Waals surface area contributed by atoms with Gasteiger partial charge >= 0.3 is 11.9 Å². The lowest BCUT2D eigenvalue weighted by atomic mass is 10.1. The van der Waals surface area contributed by atoms with Gasteiger partial charge in [-0.15, -0.1) is 0 Å². The van der Waals surface area contributed by atoms with Crippen molar-refractivity contribution in [1.29, 1.82) is 0 Å². The fraction of sp³-hybridized carbons (Fsp3) is 0.707. The molecule has 2 unspecified atom stereocenters. The monoisotopic (exact) mass is 703 g/mol. The maximum Gasteiger partial charge on any atom is 0.328 e. The number of aliphatic hydroxyl groups is 1. The molecule has 0 spiro atoms. The van der Waals surface area contributed by atoms with Crippen LogP contribution >= 0.6 is 0 Å². The lowest BCUT2D eigenvalue weighted by molar-refractivity contribution is -0.147. The van der Waals surface area contributed by atoms with Crippen LogP contribution in [-0.4, -0.2) is 59.3 Å². The average molecular weight is 703 g/mol. The quantitative estimate of drug-likeness (QED) is 0.0298. The number of carboxylic acids is 1. The summed E-state index contributed by atoms with van der Waals surface area (Å²) in [5, 5.41) is 22.5. The van der Waals surface area contributed by atoms with Gasteiger partial charge in [0, 0.05) is 12.8 Å². The molecule has 0 aromatic carbocycles. The number of carbonyl (C=O) groups is 4. The van der Waals surface area contributed by atoms with Crippen LogP contribution in [0.1, 0.15) is 162 Å². The lowest BCUT2D eigenvalue weighted by Crippen LogP contribution is -2.47. The molecule has 0 fully saturated rings. The van der Waals surface area contributed by atoms with Crippen LogP contribution in [0.2, 0.25) is 0 Å². The zero-order valence-electron chi connectivity index (χ0n) is 31.4. The van der Waals surface area contributed by atoms with Gasteiger partial charge < -0.3 is 25.6 Å². The van der Waals surface area contributed by atoms with Gasteiger partial charge in [-0.05, 0) is 76.7 Å². The molecule has 9 heteroatoms. The van der Waals surface area contributed by atoms with Crippen LogP contribution in [-0.2, 0) is 23.9 Å². The summed E-state index contributed by atoms with van der Waals surface area (Å²) in [6, 6.07) is -1.38. The third-order valence-electron chi connectivity index (χ3n) is 8.29. The number of carbonyl (C=O) groups excluding carboxylic acids is 3. The molecule has 0 aliphatic carbocycles. The van der Waals surface area contributed by atoms with Crippen molar-refractivity contribution in [3.8, 4) is 0 Å². The van der Waals surface area contributed by atoms with Crippen LogP contribution in [0, 0.1) is 0 Å². The first-order valence-electron chi connectivity index (χ1n) is 19.5. The Morgan fingerprint density at radius 1 is 0.640 bits per heavy atom. The second-order valence-corrected chi connectivity index (χ2v) is 13.0. The summed E-state index contributed by atoms with van der Waals surface area (Å²) in [5.41, 5.74) is 0. The first-order chi connectivity index (χ1) is 24.3. The smallest absolute Gasteiger partial charge is 0.328 e. The molecule has 0 rings (SSSR count). The number of amides is 2.